The zero-order chi connectivity index (χ0) is 13.5. The molecule has 1 amide bonds. The van der Waals surface area contributed by atoms with Gasteiger partial charge in [-0.25, -0.2) is 0 Å². The number of para-hydroxylation sites is 1. The van der Waals surface area contributed by atoms with Gasteiger partial charge in [0.05, 0.1) is 12.5 Å². The highest BCUT2D eigenvalue weighted by Gasteiger charge is 2.42. The molecule has 0 spiro atoms. The summed E-state index contributed by atoms with van der Waals surface area (Å²) in [4.78, 5) is 14.5. The number of hydrogen-bond acceptors (Lipinski definition) is 3. The van der Waals surface area contributed by atoms with E-state index in [-0.39, 0.29) is 5.92 Å². The van der Waals surface area contributed by atoms with Crippen LogP contribution in [-0.4, -0.2) is 43.1 Å². The summed E-state index contributed by atoms with van der Waals surface area (Å²) in [7, 11) is 0. The predicted molar refractivity (Wildman–Crippen MR) is 75.8 cm³/mol. The van der Waals surface area contributed by atoms with Crippen LogP contribution in [0, 0.1) is 5.92 Å². The number of fused-ring (bicyclic) bond motifs is 2. The molecule has 3 unspecified atom stereocenters. The predicted octanol–water partition coefficient (Wildman–Crippen LogP) is 1.37. The maximum absolute atomic E-state index is 12.5. The molecule has 4 heteroatoms. The summed E-state index contributed by atoms with van der Waals surface area (Å²) in [5, 5.41) is 3.49. The second-order valence-electron chi connectivity index (χ2n) is 6.10. The normalized spacial score (nSPS) is 31.9. The quantitative estimate of drug-likeness (QED) is 0.884. The molecule has 1 aromatic carbocycles. The summed E-state index contributed by atoms with van der Waals surface area (Å²) < 4.78 is 5.72. The first-order valence-electron chi connectivity index (χ1n) is 7.57. The van der Waals surface area contributed by atoms with E-state index in [1.807, 2.05) is 23.1 Å². The highest BCUT2D eigenvalue weighted by Crippen LogP contribution is 2.35. The Hall–Kier alpha value is -1.55. The van der Waals surface area contributed by atoms with E-state index in [4.69, 9.17) is 4.74 Å². The van der Waals surface area contributed by atoms with E-state index in [0.717, 1.165) is 38.2 Å². The first kappa shape index (κ1) is 12.2. The number of ether oxygens (including phenoxy) is 1. The van der Waals surface area contributed by atoms with Crippen molar-refractivity contribution in [3.05, 3.63) is 29.8 Å². The molecular formula is C16H20N2O2. The lowest BCUT2D eigenvalue weighted by Gasteiger charge is -2.23. The van der Waals surface area contributed by atoms with E-state index >= 15 is 0 Å². The summed E-state index contributed by atoms with van der Waals surface area (Å²) in [6.45, 7) is 3.41. The Kier molecular flexibility index (Phi) is 2.91. The van der Waals surface area contributed by atoms with Gasteiger partial charge in [-0.1, -0.05) is 18.2 Å². The van der Waals surface area contributed by atoms with Gasteiger partial charge < -0.3 is 15.0 Å². The van der Waals surface area contributed by atoms with Crippen LogP contribution < -0.4 is 10.1 Å². The first-order chi connectivity index (χ1) is 9.83. The largest absolute Gasteiger partial charge is 0.493 e. The number of likely N-dealkylation sites (tertiary alicyclic amines) is 1. The lowest BCUT2D eigenvalue weighted by atomic mass is 9.94. The van der Waals surface area contributed by atoms with Crippen LogP contribution in [-0.2, 0) is 4.79 Å². The van der Waals surface area contributed by atoms with Crippen molar-refractivity contribution >= 4 is 5.91 Å². The lowest BCUT2D eigenvalue weighted by molar-refractivity contribution is -0.131. The van der Waals surface area contributed by atoms with Gasteiger partial charge in [0, 0.05) is 30.6 Å². The molecule has 20 heavy (non-hydrogen) atoms. The van der Waals surface area contributed by atoms with Gasteiger partial charge in [-0.2, -0.15) is 0 Å². The third-order valence-corrected chi connectivity index (χ3v) is 4.87. The SMILES string of the molecule is O=C1C2CCCNC2CN1CC1COc2ccccc21. The Morgan fingerprint density at radius 3 is 3.15 bits per heavy atom. The number of carbonyl (C=O) groups excluding carboxylic acids is 1. The average Bonchev–Trinajstić information content (AvgIpc) is 3.03. The van der Waals surface area contributed by atoms with Crippen LogP contribution >= 0.6 is 0 Å². The summed E-state index contributed by atoms with van der Waals surface area (Å²) in [6.07, 6.45) is 2.17. The number of piperidine rings is 1. The van der Waals surface area contributed by atoms with Gasteiger partial charge in [-0.15, -0.1) is 0 Å². The van der Waals surface area contributed by atoms with Crippen molar-refractivity contribution in [3.63, 3.8) is 0 Å². The van der Waals surface area contributed by atoms with Crippen molar-refractivity contribution in [2.24, 2.45) is 5.92 Å². The van der Waals surface area contributed by atoms with E-state index in [2.05, 4.69) is 11.4 Å². The molecule has 4 rings (SSSR count). The van der Waals surface area contributed by atoms with E-state index < -0.39 is 0 Å². The number of carbonyl (C=O) groups is 1. The van der Waals surface area contributed by atoms with E-state index in [1.165, 1.54) is 5.56 Å². The number of nitrogens with one attached hydrogen (secondary N) is 1. The van der Waals surface area contributed by atoms with Crippen LogP contribution in [0.5, 0.6) is 5.75 Å². The van der Waals surface area contributed by atoms with Crippen molar-refractivity contribution in [3.8, 4) is 5.75 Å². The Morgan fingerprint density at radius 1 is 1.35 bits per heavy atom. The van der Waals surface area contributed by atoms with E-state index in [1.54, 1.807) is 0 Å². The molecule has 4 nitrogen and oxygen atoms in total. The van der Waals surface area contributed by atoms with Crippen LogP contribution in [0.25, 0.3) is 0 Å². The molecule has 3 aliphatic heterocycles. The molecule has 1 aromatic rings. The smallest absolute Gasteiger partial charge is 0.227 e. The third kappa shape index (κ3) is 1.90. The molecular weight excluding hydrogens is 252 g/mol. The number of rotatable bonds is 2. The summed E-state index contributed by atoms with van der Waals surface area (Å²) in [6, 6.07) is 8.56. The van der Waals surface area contributed by atoms with Crippen LogP contribution in [0.2, 0.25) is 0 Å². The van der Waals surface area contributed by atoms with Crippen molar-refractivity contribution in [1.29, 1.82) is 0 Å². The fourth-order valence-electron chi connectivity index (χ4n) is 3.81. The zero-order valence-electron chi connectivity index (χ0n) is 11.5. The van der Waals surface area contributed by atoms with Gasteiger partial charge in [0.15, 0.2) is 0 Å². The minimum atomic E-state index is 0.210. The van der Waals surface area contributed by atoms with Gasteiger partial charge in [-0.3, -0.25) is 4.79 Å². The second kappa shape index (κ2) is 4.77. The molecule has 3 aliphatic rings. The Labute approximate surface area is 119 Å². The molecule has 1 N–H and O–H groups in total. The van der Waals surface area contributed by atoms with Crippen molar-refractivity contribution in [2.45, 2.75) is 24.8 Å². The molecule has 2 saturated heterocycles. The molecule has 106 valence electrons. The van der Waals surface area contributed by atoms with Crippen molar-refractivity contribution in [2.75, 3.05) is 26.2 Å². The lowest BCUT2D eigenvalue weighted by Crippen LogP contribution is -2.41. The topological polar surface area (TPSA) is 41.6 Å². The molecule has 3 atom stereocenters. The summed E-state index contributed by atoms with van der Waals surface area (Å²) >= 11 is 0. The molecule has 0 aliphatic carbocycles. The molecule has 0 bridgehead atoms. The average molecular weight is 272 g/mol. The Morgan fingerprint density at radius 2 is 2.25 bits per heavy atom. The number of benzene rings is 1. The summed E-state index contributed by atoms with van der Waals surface area (Å²) in [5.41, 5.74) is 1.25. The van der Waals surface area contributed by atoms with Gasteiger partial charge in [-0.05, 0) is 25.5 Å². The standard InChI is InChI=1S/C16H20N2O2/c19-16-13-5-3-7-17-14(13)9-18(16)8-11-10-20-15-6-2-1-4-12(11)15/h1-2,4,6,11,13-14,17H,3,5,7-10H2. The maximum Gasteiger partial charge on any atom is 0.227 e. The Bertz CT molecular complexity index is 531. The van der Waals surface area contributed by atoms with Gasteiger partial charge in [0.1, 0.15) is 5.75 Å². The third-order valence-electron chi connectivity index (χ3n) is 4.87. The molecule has 2 fully saturated rings. The second-order valence-corrected chi connectivity index (χ2v) is 6.10. The number of hydrogen-bond donors (Lipinski definition) is 1. The van der Waals surface area contributed by atoms with Crippen LogP contribution in [0.1, 0.15) is 24.3 Å². The maximum atomic E-state index is 12.5. The van der Waals surface area contributed by atoms with Crippen molar-refractivity contribution < 1.29 is 9.53 Å². The highest BCUT2D eigenvalue weighted by molar-refractivity contribution is 5.82. The highest BCUT2D eigenvalue weighted by atomic mass is 16.5. The fraction of sp³-hybridized carbons (Fsp3) is 0.562. The molecule has 3 heterocycles. The fourth-order valence-corrected chi connectivity index (χ4v) is 3.81. The minimum Gasteiger partial charge on any atom is -0.493 e. The van der Waals surface area contributed by atoms with Gasteiger partial charge in [0.25, 0.3) is 0 Å². The number of amides is 1. The minimum absolute atomic E-state index is 0.210. The zero-order valence-corrected chi connectivity index (χ0v) is 11.5. The van der Waals surface area contributed by atoms with Gasteiger partial charge in [0.2, 0.25) is 5.91 Å². The Balaban J connectivity index is 1.49. The van der Waals surface area contributed by atoms with E-state index in [9.17, 15) is 4.79 Å². The molecule has 0 aromatic heterocycles. The van der Waals surface area contributed by atoms with Gasteiger partial charge >= 0.3 is 0 Å². The monoisotopic (exact) mass is 272 g/mol. The summed E-state index contributed by atoms with van der Waals surface area (Å²) in [5.74, 6) is 1.86. The van der Waals surface area contributed by atoms with Crippen molar-refractivity contribution in [1.82, 2.24) is 10.2 Å². The van der Waals surface area contributed by atoms with Crippen LogP contribution in [0.3, 0.4) is 0 Å². The first-order valence-corrected chi connectivity index (χ1v) is 7.57. The molecule has 0 radical (unpaired) electrons. The van der Waals surface area contributed by atoms with E-state index in [0.29, 0.717) is 24.5 Å². The number of nitrogens with zero attached hydrogens (tertiary/aromatic N) is 1. The molecule has 0 saturated carbocycles. The van der Waals surface area contributed by atoms with Crippen LogP contribution in [0.15, 0.2) is 24.3 Å². The van der Waals surface area contributed by atoms with Crippen LogP contribution in [0.4, 0.5) is 0 Å².